The van der Waals surface area contributed by atoms with E-state index in [2.05, 4.69) is 6.92 Å². The maximum atomic E-state index is 11.0. The first-order chi connectivity index (χ1) is 13.9. The Balaban J connectivity index is 0. The zero-order valence-corrected chi connectivity index (χ0v) is 23.2. The molecule has 176 valence electrons. The van der Waals surface area contributed by atoms with Crippen molar-refractivity contribution in [3.8, 4) is 0 Å². The number of unbranched alkanes of at least 4 members (excludes halogenated alkanes) is 14. The van der Waals surface area contributed by atoms with Crippen molar-refractivity contribution in [2.24, 2.45) is 0 Å². The Kier molecular flexibility index (Phi) is 25.4. The minimum absolute atomic E-state index is 0. The molecule has 0 heterocycles. The van der Waals surface area contributed by atoms with Gasteiger partial charge in [0.05, 0.1) is 16.2 Å². The van der Waals surface area contributed by atoms with Gasteiger partial charge in [0, 0.05) is 5.25 Å². The van der Waals surface area contributed by atoms with Gasteiger partial charge in [-0.15, -0.1) is 0 Å². The van der Waals surface area contributed by atoms with E-state index in [1.807, 2.05) is 0 Å². The molecule has 2 atom stereocenters. The van der Waals surface area contributed by atoms with Gasteiger partial charge in [-0.05, 0) is 25.7 Å². The van der Waals surface area contributed by atoms with Gasteiger partial charge in [-0.2, -0.15) is 0 Å². The molecule has 0 fully saturated rings. The third-order valence-electron chi connectivity index (χ3n) is 6.07. The van der Waals surface area contributed by atoms with Gasteiger partial charge >= 0.3 is 29.6 Å². The van der Waals surface area contributed by atoms with Crippen molar-refractivity contribution in [3.05, 3.63) is 0 Å². The third kappa shape index (κ3) is 22.1. The van der Waals surface area contributed by atoms with E-state index in [1.165, 1.54) is 77.0 Å². The van der Waals surface area contributed by atoms with E-state index >= 15 is 0 Å². The van der Waals surface area contributed by atoms with Crippen LogP contribution in [0.2, 0.25) is 0 Å². The molecule has 0 saturated carbocycles. The number of hydrogen-bond acceptors (Lipinski definition) is 4. The van der Waals surface area contributed by atoms with Gasteiger partial charge < -0.3 is 9.66 Å². The van der Waals surface area contributed by atoms with Gasteiger partial charge in [0.15, 0.2) is 0 Å². The summed E-state index contributed by atoms with van der Waals surface area (Å²) in [6.07, 6.45) is 22.2. The monoisotopic (exact) mass is 456 g/mol. The molecular weight excluding hydrogens is 407 g/mol. The van der Waals surface area contributed by atoms with Crippen molar-refractivity contribution >= 4 is 10.1 Å². The van der Waals surface area contributed by atoms with E-state index in [0.717, 1.165) is 38.5 Å². The first-order valence-electron chi connectivity index (χ1n) is 12.5. The van der Waals surface area contributed by atoms with Crippen LogP contribution in [0.5, 0.6) is 0 Å². The van der Waals surface area contributed by atoms with Crippen LogP contribution in [-0.2, 0) is 10.1 Å². The molecule has 0 amide bonds. The smallest absolute Gasteiger partial charge is 0.748 e. The Morgan fingerprint density at radius 3 is 1.30 bits per heavy atom. The Labute approximate surface area is 210 Å². The fraction of sp³-hybridized carbons (Fsp3) is 1.00. The van der Waals surface area contributed by atoms with Crippen molar-refractivity contribution in [2.45, 2.75) is 154 Å². The van der Waals surface area contributed by atoms with Crippen LogP contribution in [0.15, 0.2) is 0 Å². The first-order valence-corrected chi connectivity index (χ1v) is 14.0. The van der Waals surface area contributed by atoms with Crippen LogP contribution < -0.4 is 29.6 Å². The Morgan fingerprint density at radius 2 is 0.967 bits per heavy atom. The molecule has 4 nitrogen and oxygen atoms in total. The number of aliphatic hydroxyl groups excluding tert-OH is 1. The largest absolute Gasteiger partial charge is 1.00 e. The van der Waals surface area contributed by atoms with Crippen LogP contribution in [0.25, 0.3) is 0 Å². The van der Waals surface area contributed by atoms with E-state index in [9.17, 15) is 18.1 Å². The second-order valence-corrected chi connectivity index (χ2v) is 10.5. The molecule has 0 saturated heterocycles. The molecule has 0 aromatic rings. The quantitative estimate of drug-likeness (QED) is 0.151. The number of hydrogen-bond donors (Lipinski definition) is 1. The molecule has 30 heavy (non-hydrogen) atoms. The van der Waals surface area contributed by atoms with E-state index in [4.69, 9.17) is 0 Å². The molecule has 0 spiro atoms. The number of rotatable bonds is 22. The summed E-state index contributed by atoms with van der Waals surface area (Å²) < 4.78 is 33.1. The summed E-state index contributed by atoms with van der Waals surface area (Å²) in [7, 11) is -4.11. The van der Waals surface area contributed by atoms with Crippen molar-refractivity contribution < 1.29 is 47.6 Å². The normalized spacial score (nSPS) is 13.7. The molecule has 6 heteroatoms. The average molecular weight is 457 g/mol. The zero-order valence-electron chi connectivity index (χ0n) is 20.4. The number of aliphatic hydroxyl groups is 1. The summed E-state index contributed by atoms with van der Waals surface area (Å²) in [6, 6.07) is 0. The molecule has 0 bridgehead atoms. The van der Waals surface area contributed by atoms with Crippen LogP contribution in [0.4, 0.5) is 0 Å². The predicted molar refractivity (Wildman–Crippen MR) is 123 cm³/mol. The molecule has 0 rings (SSSR count). The first kappa shape index (κ1) is 33.0. The van der Waals surface area contributed by atoms with Crippen molar-refractivity contribution in [1.82, 2.24) is 0 Å². The summed E-state index contributed by atoms with van der Waals surface area (Å²) in [6.45, 7) is 4.02. The van der Waals surface area contributed by atoms with Crippen LogP contribution in [0, 0.1) is 0 Å². The van der Waals surface area contributed by atoms with Crippen LogP contribution in [0.3, 0.4) is 0 Å². The zero-order chi connectivity index (χ0) is 21.8. The van der Waals surface area contributed by atoms with Gasteiger partial charge in [0.1, 0.15) is 0 Å². The maximum absolute atomic E-state index is 11.0. The van der Waals surface area contributed by atoms with Gasteiger partial charge in [0.25, 0.3) is 0 Å². The summed E-state index contributed by atoms with van der Waals surface area (Å²) in [5.41, 5.74) is 0. The molecule has 0 aliphatic heterocycles. The fourth-order valence-electron chi connectivity index (χ4n) is 4.02. The standard InChI is InChI=1S/C24H50O4S.Na/c1-3-5-6-7-8-11-14-17-20-23(25)21-18-15-12-9-10-13-16-19-22-24(4-2)29(26,27)28;/h23-25H,3-22H2,1-2H3,(H,26,27,28);/q;+1/p-1. The second-order valence-electron chi connectivity index (χ2n) is 8.85. The Bertz CT molecular complexity index is 442. The third-order valence-corrected chi connectivity index (χ3v) is 7.45. The summed E-state index contributed by atoms with van der Waals surface area (Å²) in [4.78, 5) is 0. The van der Waals surface area contributed by atoms with Crippen LogP contribution in [0.1, 0.15) is 142 Å². The second kappa shape index (κ2) is 23.0. The van der Waals surface area contributed by atoms with E-state index in [-0.39, 0.29) is 35.7 Å². The fourth-order valence-corrected chi connectivity index (χ4v) is 4.89. The minimum atomic E-state index is -4.11. The summed E-state index contributed by atoms with van der Waals surface area (Å²) in [5.74, 6) is 0. The van der Waals surface area contributed by atoms with Crippen LogP contribution >= 0.6 is 0 Å². The van der Waals surface area contributed by atoms with Crippen molar-refractivity contribution in [2.75, 3.05) is 0 Å². The van der Waals surface area contributed by atoms with Crippen LogP contribution in [-0.4, -0.2) is 29.4 Å². The molecule has 0 aromatic heterocycles. The predicted octanol–water partition coefficient (Wildman–Crippen LogP) is 4.11. The topological polar surface area (TPSA) is 77.4 Å². The SMILES string of the molecule is CCCCCCCCCCC(O)CCCCCCCCCCC(CC)S(=O)(=O)[O-].[Na+]. The molecular formula is C24H49NaO4S. The maximum Gasteiger partial charge on any atom is 1.00 e. The van der Waals surface area contributed by atoms with Gasteiger partial charge in [-0.3, -0.25) is 0 Å². The molecule has 2 unspecified atom stereocenters. The Morgan fingerprint density at radius 1 is 0.633 bits per heavy atom. The molecule has 1 N–H and O–H groups in total. The van der Waals surface area contributed by atoms with E-state index in [0.29, 0.717) is 12.8 Å². The Hall–Kier alpha value is 0.870. The summed E-state index contributed by atoms with van der Waals surface area (Å²) in [5, 5.41) is 9.38. The van der Waals surface area contributed by atoms with Gasteiger partial charge in [-0.25, -0.2) is 8.42 Å². The van der Waals surface area contributed by atoms with Gasteiger partial charge in [-0.1, -0.05) is 117 Å². The van der Waals surface area contributed by atoms with E-state index < -0.39 is 15.4 Å². The minimum Gasteiger partial charge on any atom is -0.748 e. The van der Waals surface area contributed by atoms with Gasteiger partial charge in [0.2, 0.25) is 0 Å². The molecule has 0 aliphatic rings. The average Bonchev–Trinajstić information content (AvgIpc) is 2.67. The molecule has 0 aliphatic carbocycles. The molecule has 0 radical (unpaired) electrons. The molecule has 0 aromatic carbocycles. The van der Waals surface area contributed by atoms with Crippen molar-refractivity contribution in [3.63, 3.8) is 0 Å². The van der Waals surface area contributed by atoms with E-state index in [1.54, 1.807) is 6.92 Å². The summed E-state index contributed by atoms with van der Waals surface area (Å²) >= 11 is 0. The van der Waals surface area contributed by atoms with Crippen molar-refractivity contribution in [1.29, 1.82) is 0 Å².